The van der Waals surface area contributed by atoms with E-state index in [1.165, 1.54) is 23.8 Å². The third-order valence-electron chi connectivity index (χ3n) is 3.88. The predicted octanol–water partition coefficient (Wildman–Crippen LogP) is 3.59. The second kappa shape index (κ2) is 6.44. The summed E-state index contributed by atoms with van der Waals surface area (Å²) in [5.74, 6) is -0.108. The van der Waals surface area contributed by atoms with Gasteiger partial charge in [-0.05, 0) is 36.1 Å². The topological polar surface area (TPSA) is 63.4 Å². The summed E-state index contributed by atoms with van der Waals surface area (Å²) in [4.78, 5) is 24.6. The van der Waals surface area contributed by atoms with E-state index in [2.05, 4.69) is 0 Å². The number of carbonyl (C=O) groups is 1. The van der Waals surface area contributed by atoms with Crippen LogP contribution in [0.5, 0.6) is 0 Å². The molecular formula is C18H16N2O3. The molecule has 0 saturated carbocycles. The molecule has 0 aliphatic carbocycles. The molecule has 0 unspecified atom stereocenters. The third kappa shape index (κ3) is 3.29. The van der Waals surface area contributed by atoms with E-state index in [1.54, 1.807) is 23.1 Å². The number of nitrogens with zero attached hydrogens (tertiary/aromatic N) is 2. The van der Waals surface area contributed by atoms with Crippen LogP contribution in [-0.2, 0) is 11.2 Å². The van der Waals surface area contributed by atoms with Crippen molar-refractivity contribution < 1.29 is 9.72 Å². The van der Waals surface area contributed by atoms with E-state index in [-0.39, 0.29) is 11.6 Å². The van der Waals surface area contributed by atoms with Gasteiger partial charge in [0.2, 0.25) is 0 Å². The van der Waals surface area contributed by atoms with Crippen LogP contribution < -0.4 is 4.90 Å². The monoisotopic (exact) mass is 308 g/mol. The Labute approximate surface area is 134 Å². The van der Waals surface area contributed by atoms with Gasteiger partial charge in [-0.1, -0.05) is 30.3 Å². The lowest BCUT2D eigenvalue weighted by Crippen LogP contribution is -2.34. The van der Waals surface area contributed by atoms with Crippen LogP contribution in [0.2, 0.25) is 0 Å². The molecule has 1 amide bonds. The Bertz CT molecular complexity index is 783. The average Bonchev–Trinajstić information content (AvgIpc) is 2.59. The first-order chi connectivity index (χ1) is 11.1. The second-order valence-corrected chi connectivity index (χ2v) is 5.41. The fourth-order valence-electron chi connectivity index (χ4n) is 2.76. The molecule has 0 radical (unpaired) electrons. The molecule has 0 bridgehead atoms. The molecule has 0 N–H and O–H groups in total. The van der Waals surface area contributed by atoms with E-state index in [9.17, 15) is 14.9 Å². The van der Waals surface area contributed by atoms with Gasteiger partial charge in [0.25, 0.3) is 11.6 Å². The number of benzene rings is 2. The van der Waals surface area contributed by atoms with Gasteiger partial charge in [-0.25, -0.2) is 0 Å². The number of aryl methyl sites for hydroxylation is 1. The minimum absolute atomic E-state index is 0.0166. The summed E-state index contributed by atoms with van der Waals surface area (Å²) < 4.78 is 0. The van der Waals surface area contributed by atoms with Crippen LogP contribution in [0.1, 0.15) is 17.5 Å². The van der Waals surface area contributed by atoms with Crippen molar-refractivity contribution in [2.75, 3.05) is 11.4 Å². The molecule has 0 spiro atoms. The molecule has 0 fully saturated rings. The van der Waals surface area contributed by atoms with E-state index >= 15 is 0 Å². The zero-order valence-corrected chi connectivity index (χ0v) is 12.5. The van der Waals surface area contributed by atoms with Gasteiger partial charge in [0.1, 0.15) is 0 Å². The molecule has 3 rings (SSSR count). The number of para-hydroxylation sites is 1. The highest BCUT2D eigenvalue weighted by Crippen LogP contribution is 2.27. The summed E-state index contributed by atoms with van der Waals surface area (Å²) in [7, 11) is 0. The van der Waals surface area contributed by atoms with Gasteiger partial charge in [0, 0.05) is 30.4 Å². The zero-order chi connectivity index (χ0) is 16.2. The van der Waals surface area contributed by atoms with Crippen LogP contribution in [0.15, 0.2) is 54.6 Å². The Morgan fingerprint density at radius 3 is 2.83 bits per heavy atom. The number of amides is 1. The van der Waals surface area contributed by atoms with E-state index in [0.29, 0.717) is 12.1 Å². The number of nitro benzene ring substituents is 1. The van der Waals surface area contributed by atoms with Crippen molar-refractivity contribution in [1.82, 2.24) is 0 Å². The Morgan fingerprint density at radius 2 is 2.00 bits per heavy atom. The van der Waals surface area contributed by atoms with Crippen LogP contribution >= 0.6 is 0 Å². The van der Waals surface area contributed by atoms with Gasteiger partial charge < -0.3 is 4.90 Å². The van der Waals surface area contributed by atoms with Crippen LogP contribution in [0.3, 0.4) is 0 Å². The molecular weight excluding hydrogens is 292 g/mol. The van der Waals surface area contributed by atoms with Crippen molar-refractivity contribution in [1.29, 1.82) is 0 Å². The molecule has 116 valence electrons. The van der Waals surface area contributed by atoms with Gasteiger partial charge in [-0.3, -0.25) is 14.9 Å². The smallest absolute Gasteiger partial charge is 0.270 e. The normalized spacial score (nSPS) is 13.8. The van der Waals surface area contributed by atoms with Crippen molar-refractivity contribution in [3.8, 4) is 0 Å². The fourth-order valence-corrected chi connectivity index (χ4v) is 2.76. The molecule has 23 heavy (non-hydrogen) atoms. The van der Waals surface area contributed by atoms with Crippen molar-refractivity contribution in [2.45, 2.75) is 12.8 Å². The van der Waals surface area contributed by atoms with E-state index in [0.717, 1.165) is 18.5 Å². The molecule has 2 aromatic carbocycles. The standard InChI is InChI=1S/C18H16N2O3/c21-18(11-10-14-5-3-8-16(13-14)20(22)23)19-12-4-7-15-6-1-2-9-17(15)19/h1-3,5-6,8-11,13H,4,7,12H2. The number of hydrogen-bond acceptors (Lipinski definition) is 3. The maximum absolute atomic E-state index is 12.5. The van der Waals surface area contributed by atoms with Gasteiger partial charge in [-0.15, -0.1) is 0 Å². The Morgan fingerprint density at radius 1 is 1.17 bits per heavy atom. The van der Waals surface area contributed by atoms with Crippen molar-refractivity contribution in [3.63, 3.8) is 0 Å². The molecule has 1 heterocycles. The van der Waals surface area contributed by atoms with Gasteiger partial charge in [0.15, 0.2) is 0 Å². The Kier molecular flexibility index (Phi) is 4.19. The quantitative estimate of drug-likeness (QED) is 0.494. The zero-order valence-electron chi connectivity index (χ0n) is 12.5. The second-order valence-electron chi connectivity index (χ2n) is 5.41. The van der Waals surface area contributed by atoms with Crippen LogP contribution in [0.25, 0.3) is 6.08 Å². The fraction of sp³-hybridized carbons (Fsp3) is 0.167. The van der Waals surface area contributed by atoms with Crippen LogP contribution in [-0.4, -0.2) is 17.4 Å². The average molecular weight is 308 g/mol. The number of nitro groups is 1. The molecule has 5 nitrogen and oxygen atoms in total. The highest BCUT2D eigenvalue weighted by atomic mass is 16.6. The Hall–Kier alpha value is -2.95. The first-order valence-corrected chi connectivity index (χ1v) is 7.47. The molecule has 2 aromatic rings. The highest BCUT2D eigenvalue weighted by molar-refractivity contribution is 6.04. The highest BCUT2D eigenvalue weighted by Gasteiger charge is 2.20. The molecule has 0 aromatic heterocycles. The SMILES string of the molecule is O=C(C=Cc1cccc([N+](=O)[O-])c1)N1CCCc2ccccc21. The first kappa shape index (κ1) is 15.0. The van der Waals surface area contributed by atoms with E-state index in [4.69, 9.17) is 0 Å². The molecule has 1 aliphatic rings. The summed E-state index contributed by atoms with van der Waals surface area (Å²) in [5.41, 5.74) is 2.78. The number of fused-ring (bicyclic) bond motifs is 1. The number of carbonyl (C=O) groups excluding carboxylic acids is 1. The van der Waals surface area contributed by atoms with Gasteiger partial charge in [-0.2, -0.15) is 0 Å². The van der Waals surface area contributed by atoms with Gasteiger partial charge in [0.05, 0.1) is 4.92 Å². The minimum Gasteiger partial charge on any atom is -0.309 e. The summed E-state index contributed by atoms with van der Waals surface area (Å²) >= 11 is 0. The Balaban J connectivity index is 1.80. The van der Waals surface area contributed by atoms with Crippen molar-refractivity contribution >= 4 is 23.4 Å². The third-order valence-corrected chi connectivity index (χ3v) is 3.88. The number of hydrogen-bond donors (Lipinski definition) is 0. The lowest BCUT2D eigenvalue weighted by atomic mass is 10.0. The van der Waals surface area contributed by atoms with Crippen LogP contribution in [0, 0.1) is 10.1 Å². The number of non-ortho nitro benzene ring substituents is 1. The molecule has 0 saturated heterocycles. The molecule has 1 aliphatic heterocycles. The minimum atomic E-state index is -0.444. The van der Waals surface area contributed by atoms with E-state index < -0.39 is 4.92 Å². The lowest BCUT2D eigenvalue weighted by molar-refractivity contribution is -0.384. The maximum Gasteiger partial charge on any atom is 0.270 e. The summed E-state index contributed by atoms with van der Waals surface area (Å²) in [5, 5.41) is 10.8. The van der Waals surface area contributed by atoms with Crippen molar-refractivity contribution in [3.05, 3.63) is 75.8 Å². The maximum atomic E-state index is 12.5. The molecule has 5 heteroatoms. The van der Waals surface area contributed by atoms with Crippen molar-refractivity contribution in [2.24, 2.45) is 0 Å². The van der Waals surface area contributed by atoms with Gasteiger partial charge >= 0.3 is 0 Å². The molecule has 0 atom stereocenters. The summed E-state index contributed by atoms with van der Waals surface area (Å²) in [6, 6.07) is 14.1. The summed E-state index contributed by atoms with van der Waals surface area (Å²) in [6.45, 7) is 0.690. The van der Waals surface area contributed by atoms with E-state index in [1.807, 2.05) is 24.3 Å². The predicted molar refractivity (Wildman–Crippen MR) is 89.2 cm³/mol. The number of anilines is 1. The lowest BCUT2D eigenvalue weighted by Gasteiger charge is -2.28. The van der Waals surface area contributed by atoms with Crippen LogP contribution in [0.4, 0.5) is 11.4 Å². The first-order valence-electron chi connectivity index (χ1n) is 7.47. The largest absolute Gasteiger partial charge is 0.309 e. The summed E-state index contributed by atoms with van der Waals surface area (Å²) in [6.07, 6.45) is 5.01. The number of rotatable bonds is 3.